The molecule has 0 atom stereocenters. The Labute approximate surface area is 135 Å². The summed E-state index contributed by atoms with van der Waals surface area (Å²) in [7, 11) is 0. The summed E-state index contributed by atoms with van der Waals surface area (Å²) in [6, 6.07) is 3.19. The third kappa shape index (κ3) is 2.33. The number of ether oxygens (including phenoxy) is 1. The first kappa shape index (κ1) is 14.8. The summed E-state index contributed by atoms with van der Waals surface area (Å²) in [6.07, 6.45) is 0. The molecule has 4 nitrogen and oxygen atoms in total. The SMILES string of the molecule is CCOC(=O)c1c2n(c3cc(Cl)c(Cl)cc3c1=O)CCS2. The zero-order valence-corrected chi connectivity index (χ0v) is 13.4. The Balaban J connectivity index is 2.40. The molecule has 7 heteroatoms. The molecule has 0 amide bonds. The quantitative estimate of drug-likeness (QED) is 0.781. The average Bonchev–Trinajstić information content (AvgIpc) is 2.90. The van der Waals surface area contributed by atoms with Gasteiger partial charge in [0.2, 0.25) is 5.43 Å². The summed E-state index contributed by atoms with van der Waals surface area (Å²) in [6.45, 7) is 2.64. The van der Waals surface area contributed by atoms with Crippen molar-refractivity contribution in [3.8, 4) is 0 Å². The third-order valence-corrected chi connectivity index (χ3v) is 5.10. The van der Waals surface area contributed by atoms with E-state index in [1.54, 1.807) is 13.0 Å². The number of fused-ring (bicyclic) bond motifs is 3. The number of pyridine rings is 1. The number of rotatable bonds is 2. The van der Waals surface area contributed by atoms with Crippen LogP contribution in [-0.4, -0.2) is 22.9 Å². The predicted octanol–water partition coefficient (Wildman–Crippen LogP) is 3.59. The van der Waals surface area contributed by atoms with Crippen LogP contribution in [0.2, 0.25) is 10.0 Å². The Bertz CT molecular complexity index is 816. The van der Waals surface area contributed by atoms with Crippen LogP contribution in [0.4, 0.5) is 0 Å². The van der Waals surface area contributed by atoms with Crippen LogP contribution < -0.4 is 5.43 Å². The van der Waals surface area contributed by atoms with Crippen LogP contribution in [0.25, 0.3) is 10.9 Å². The van der Waals surface area contributed by atoms with Crippen LogP contribution >= 0.6 is 35.0 Å². The average molecular weight is 344 g/mol. The van der Waals surface area contributed by atoms with Crippen molar-refractivity contribution in [1.82, 2.24) is 4.57 Å². The van der Waals surface area contributed by atoms with Crippen LogP contribution in [0.3, 0.4) is 0 Å². The van der Waals surface area contributed by atoms with Crippen LogP contribution in [0.5, 0.6) is 0 Å². The number of hydrogen-bond acceptors (Lipinski definition) is 4. The topological polar surface area (TPSA) is 48.3 Å². The normalized spacial score (nSPS) is 13.5. The number of carbonyl (C=O) groups is 1. The molecule has 0 saturated carbocycles. The number of halogens is 2. The first-order valence-corrected chi connectivity index (χ1v) is 8.14. The highest BCUT2D eigenvalue weighted by atomic mass is 35.5. The molecule has 1 aliphatic rings. The first-order valence-electron chi connectivity index (χ1n) is 6.40. The minimum atomic E-state index is -0.589. The van der Waals surface area contributed by atoms with Gasteiger partial charge < -0.3 is 9.30 Å². The van der Waals surface area contributed by atoms with Crippen molar-refractivity contribution in [2.45, 2.75) is 18.5 Å². The minimum absolute atomic E-state index is 0.0882. The summed E-state index contributed by atoms with van der Waals surface area (Å²) in [5.74, 6) is 0.208. The molecule has 1 aromatic heterocycles. The second-order valence-electron chi connectivity index (χ2n) is 4.51. The van der Waals surface area contributed by atoms with E-state index in [1.165, 1.54) is 17.8 Å². The standard InChI is InChI=1S/C14H11Cl2NO3S/c1-2-20-14(19)11-12(18)7-5-8(15)9(16)6-10(7)17-3-4-21-13(11)17/h5-6H,2-4H2,1H3. The van der Waals surface area contributed by atoms with E-state index < -0.39 is 5.97 Å². The van der Waals surface area contributed by atoms with Crippen molar-refractivity contribution >= 4 is 51.8 Å². The molecule has 0 radical (unpaired) electrons. The summed E-state index contributed by atoms with van der Waals surface area (Å²) >= 11 is 13.5. The van der Waals surface area contributed by atoms with Gasteiger partial charge in [-0.3, -0.25) is 4.79 Å². The van der Waals surface area contributed by atoms with Crippen LogP contribution in [0.15, 0.2) is 22.0 Å². The molecule has 1 aliphatic heterocycles. The van der Waals surface area contributed by atoms with Gasteiger partial charge in [0.15, 0.2) is 0 Å². The molecule has 0 aliphatic carbocycles. The Morgan fingerprint density at radius 3 is 2.81 bits per heavy atom. The molecule has 2 aromatic rings. The molecular weight excluding hydrogens is 333 g/mol. The zero-order valence-electron chi connectivity index (χ0n) is 11.1. The molecule has 2 heterocycles. The molecule has 0 saturated heterocycles. The first-order chi connectivity index (χ1) is 10.0. The lowest BCUT2D eigenvalue weighted by Crippen LogP contribution is -2.22. The summed E-state index contributed by atoms with van der Waals surface area (Å²) in [5, 5.41) is 1.71. The van der Waals surface area contributed by atoms with E-state index in [0.29, 0.717) is 32.5 Å². The molecule has 21 heavy (non-hydrogen) atoms. The van der Waals surface area contributed by atoms with Crippen molar-refractivity contribution in [3.05, 3.63) is 38.0 Å². The van der Waals surface area contributed by atoms with Crippen molar-refractivity contribution in [1.29, 1.82) is 0 Å². The van der Waals surface area contributed by atoms with E-state index in [-0.39, 0.29) is 17.6 Å². The number of benzene rings is 1. The Morgan fingerprint density at radius 2 is 2.10 bits per heavy atom. The highest BCUT2D eigenvalue weighted by Crippen LogP contribution is 2.34. The van der Waals surface area contributed by atoms with Gasteiger partial charge in [0.1, 0.15) is 5.56 Å². The van der Waals surface area contributed by atoms with Crippen LogP contribution in [-0.2, 0) is 11.3 Å². The highest BCUT2D eigenvalue weighted by molar-refractivity contribution is 7.99. The van der Waals surface area contributed by atoms with Gasteiger partial charge in [0.05, 0.1) is 27.2 Å². The van der Waals surface area contributed by atoms with E-state index in [1.807, 2.05) is 4.57 Å². The van der Waals surface area contributed by atoms with Crippen molar-refractivity contribution in [2.75, 3.05) is 12.4 Å². The fourth-order valence-corrected chi connectivity index (χ4v) is 3.86. The summed E-state index contributed by atoms with van der Waals surface area (Å²) in [4.78, 5) is 24.8. The van der Waals surface area contributed by atoms with Gasteiger partial charge >= 0.3 is 5.97 Å². The number of hydrogen-bond donors (Lipinski definition) is 0. The van der Waals surface area contributed by atoms with Gasteiger partial charge in [-0.05, 0) is 19.1 Å². The number of aromatic nitrogens is 1. The fraction of sp³-hybridized carbons (Fsp3) is 0.286. The third-order valence-electron chi connectivity index (χ3n) is 3.29. The monoisotopic (exact) mass is 343 g/mol. The number of carbonyl (C=O) groups excluding carboxylic acids is 1. The molecule has 0 spiro atoms. The summed E-state index contributed by atoms with van der Waals surface area (Å²) in [5.41, 5.74) is 0.426. The maximum absolute atomic E-state index is 12.6. The summed E-state index contributed by atoms with van der Waals surface area (Å²) < 4.78 is 6.94. The number of thioether (sulfide) groups is 1. The second-order valence-corrected chi connectivity index (χ2v) is 6.41. The highest BCUT2D eigenvalue weighted by Gasteiger charge is 2.27. The lowest BCUT2D eigenvalue weighted by Gasteiger charge is -2.13. The van der Waals surface area contributed by atoms with Gasteiger partial charge in [0.25, 0.3) is 0 Å². The van der Waals surface area contributed by atoms with Crippen molar-refractivity contribution in [2.24, 2.45) is 0 Å². The maximum atomic E-state index is 12.6. The fourth-order valence-electron chi connectivity index (χ4n) is 2.41. The molecule has 0 N–H and O–H groups in total. The smallest absolute Gasteiger partial charge is 0.344 e. The molecule has 0 fully saturated rings. The van der Waals surface area contributed by atoms with Gasteiger partial charge in [-0.2, -0.15) is 0 Å². The lowest BCUT2D eigenvalue weighted by atomic mass is 10.1. The van der Waals surface area contributed by atoms with E-state index >= 15 is 0 Å². The number of aryl methyl sites for hydroxylation is 1. The Hall–Kier alpha value is -1.17. The maximum Gasteiger partial charge on any atom is 0.344 e. The van der Waals surface area contributed by atoms with Gasteiger partial charge in [0, 0.05) is 17.7 Å². The molecule has 110 valence electrons. The Morgan fingerprint density at radius 1 is 1.38 bits per heavy atom. The number of esters is 1. The number of nitrogens with zero attached hydrogens (tertiary/aromatic N) is 1. The van der Waals surface area contributed by atoms with E-state index in [4.69, 9.17) is 27.9 Å². The van der Waals surface area contributed by atoms with Gasteiger partial charge in [-0.1, -0.05) is 23.2 Å². The van der Waals surface area contributed by atoms with Crippen LogP contribution in [0, 0.1) is 0 Å². The second kappa shape index (κ2) is 5.55. The van der Waals surface area contributed by atoms with E-state index in [9.17, 15) is 9.59 Å². The van der Waals surface area contributed by atoms with E-state index in [0.717, 1.165) is 5.75 Å². The molecule has 0 bridgehead atoms. The van der Waals surface area contributed by atoms with Gasteiger partial charge in [-0.15, -0.1) is 11.8 Å². The van der Waals surface area contributed by atoms with Crippen molar-refractivity contribution < 1.29 is 9.53 Å². The van der Waals surface area contributed by atoms with Crippen molar-refractivity contribution in [3.63, 3.8) is 0 Å². The Kier molecular flexibility index (Phi) is 3.90. The molecule has 3 rings (SSSR count). The van der Waals surface area contributed by atoms with Crippen LogP contribution in [0.1, 0.15) is 17.3 Å². The molecule has 1 aromatic carbocycles. The molecule has 0 unspecified atom stereocenters. The minimum Gasteiger partial charge on any atom is -0.462 e. The lowest BCUT2D eigenvalue weighted by molar-refractivity contribution is 0.0519. The predicted molar refractivity (Wildman–Crippen MR) is 84.9 cm³/mol. The largest absolute Gasteiger partial charge is 0.462 e. The van der Waals surface area contributed by atoms with Gasteiger partial charge in [-0.25, -0.2) is 4.79 Å². The van der Waals surface area contributed by atoms with E-state index in [2.05, 4.69) is 0 Å². The zero-order chi connectivity index (χ0) is 15.1. The molecular formula is C14H11Cl2NO3S.